The van der Waals surface area contributed by atoms with E-state index in [-0.39, 0.29) is 11.9 Å². The van der Waals surface area contributed by atoms with Gasteiger partial charge in [0, 0.05) is 31.8 Å². The van der Waals surface area contributed by atoms with Crippen LogP contribution < -0.4 is 11.1 Å². The van der Waals surface area contributed by atoms with Crippen LogP contribution in [0.25, 0.3) is 0 Å². The molecule has 0 aromatic heterocycles. The molecule has 2 unspecified atom stereocenters. The van der Waals surface area contributed by atoms with Crippen LogP contribution in [0.15, 0.2) is 0 Å². The summed E-state index contributed by atoms with van der Waals surface area (Å²) in [7, 11) is 2.14. The maximum Gasteiger partial charge on any atom is 0.237 e. The van der Waals surface area contributed by atoms with Crippen LogP contribution in [-0.4, -0.2) is 55.2 Å². The normalized spacial score (nSPS) is 21.5. The highest BCUT2D eigenvalue weighted by atomic mass is 16.5. The van der Waals surface area contributed by atoms with Crippen LogP contribution in [-0.2, 0) is 9.53 Å². The Balaban J connectivity index is 2.55. The monoisotopic (exact) mass is 299 g/mol. The minimum Gasteiger partial charge on any atom is -0.381 e. The Kier molecular flexibility index (Phi) is 7.10. The Morgan fingerprint density at radius 3 is 2.43 bits per heavy atom. The molecule has 0 saturated carbocycles. The first-order valence-corrected chi connectivity index (χ1v) is 8.10. The van der Waals surface area contributed by atoms with Crippen molar-refractivity contribution in [3.8, 4) is 0 Å². The number of hydrogen-bond acceptors (Lipinski definition) is 4. The van der Waals surface area contributed by atoms with E-state index in [4.69, 9.17) is 10.5 Å². The molecule has 1 aliphatic rings. The molecule has 2 atom stereocenters. The summed E-state index contributed by atoms with van der Waals surface area (Å²) in [6.45, 7) is 11.0. The first-order valence-electron chi connectivity index (χ1n) is 8.10. The molecule has 0 spiro atoms. The third kappa shape index (κ3) is 5.93. The van der Waals surface area contributed by atoms with Crippen LogP contribution in [0.3, 0.4) is 0 Å². The summed E-state index contributed by atoms with van der Waals surface area (Å²) in [6, 6.07) is 0.534. The number of ether oxygens (including phenoxy) is 1. The highest BCUT2D eigenvalue weighted by Crippen LogP contribution is 2.20. The Morgan fingerprint density at radius 2 is 1.95 bits per heavy atom. The van der Waals surface area contributed by atoms with Gasteiger partial charge < -0.3 is 20.7 Å². The quantitative estimate of drug-likeness (QED) is 0.710. The molecule has 1 heterocycles. The van der Waals surface area contributed by atoms with Crippen molar-refractivity contribution in [3.63, 3.8) is 0 Å². The summed E-state index contributed by atoms with van der Waals surface area (Å²) in [5.74, 6) is 0.423. The maximum atomic E-state index is 11.8. The Labute approximate surface area is 129 Å². The predicted octanol–water partition coefficient (Wildman–Crippen LogP) is 1.37. The van der Waals surface area contributed by atoms with Gasteiger partial charge in [0.2, 0.25) is 5.91 Å². The molecule has 1 fully saturated rings. The third-order valence-electron chi connectivity index (χ3n) is 4.49. The zero-order valence-electron chi connectivity index (χ0n) is 14.3. The van der Waals surface area contributed by atoms with Crippen molar-refractivity contribution in [1.29, 1.82) is 0 Å². The number of carbonyl (C=O) groups excluding carboxylic acids is 1. The van der Waals surface area contributed by atoms with Crippen LogP contribution in [0.1, 0.15) is 47.0 Å². The molecule has 124 valence electrons. The average Bonchev–Trinajstić information content (AvgIpc) is 2.38. The number of nitrogens with zero attached hydrogens (tertiary/aromatic N) is 1. The lowest BCUT2D eigenvalue weighted by molar-refractivity contribution is -0.124. The van der Waals surface area contributed by atoms with Gasteiger partial charge in [-0.05, 0) is 59.9 Å². The van der Waals surface area contributed by atoms with E-state index in [1.54, 1.807) is 0 Å². The molecule has 0 radical (unpaired) electrons. The summed E-state index contributed by atoms with van der Waals surface area (Å²) in [4.78, 5) is 14.2. The number of rotatable bonds is 8. The van der Waals surface area contributed by atoms with Crippen molar-refractivity contribution in [2.45, 2.75) is 64.6 Å². The summed E-state index contributed by atoms with van der Waals surface area (Å²) >= 11 is 0. The number of hydrogen-bond donors (Lipinski definition) is 2. The minimum absolute atomic E-state index is 0.232. The predicted molar refractivity (Wildman–Crippen MR) is 86.1 cm³/mol. The van der Waals surface area contributed by atoms with Crippen molar-refractivity contribution < 1.29 is 9.53 Å². The highest BCUT2D eigenvalue weighted by molar-refractivity contribution is 5.84. The van der Waals surface area contributed by atoms with E-state index < -0.39 is 5.54 Å². The summed E-state index contributed by atoms with van der Waals surface area (Å²) in [5.41, 5.74) is 4.96. The molecular weight excluding hydrogens is 266 g/mol. The molecule has 1 aliphatic heterocycles. The van der Waals surface area contributed by atoms with Gasteiger partial charge in [-0.25, -0.2) is 0 Å². The average molecular weight is 299 g/mol. The van der Waals surface area contributed by atoms with Gasteiger partial charge >= 0.3 is 0 Å². The fourth-order valence-electron chi connectivity index (χ4n) is 3.13. The molecule has 1 saturated heterocycles. The minimum atomic E-state index is -0.655. The first-order chi connectivity index (χ1) is 9.74. The van der Waals surface area contributed by atoms with Gasteiger partial charge in [-0.2, -0.15) is 0 Å². The Bertz CT molecular complexity index is 329. The van der Waals surface area contributed by atoms with E-state index in [2.05, 4.69) is 24.2 Å². The van der Waals surface area contributed by atoms with Gasteiger partial charge in [-0.1, -0.05) is 0 Å². The second kappa shape index (κ2) is 8.11. The van der Waals surface area contributed by atoms with Gasteiger partial charge in [-0.3, -0.25) is 4.79 Å². The number of nitrogens with one attached hydrogen (secondary N) is 1. The van der Waals surface area contributed by atoms with Crippen molar-refractivity contribution in [2.24, 2.45) is 11.7 Å². The smallest absolute Gasteiger partial charge is 0.237 e. The van der Waals surface area contributed by atoms with Gasteiger partial charge in [0.1, 0.15) is 0 Å². The maximum absolute atomic E-state index is 11.8. The van der Waals surface area contributed by atoms with Gasteiger partial charge in [0.05, 0.1) is 5.54 Å². The molecule has 0 aromatic rings. The van der Waals surface area contributed by atoms with Gasteiger partial charge in [0.25, 0.3) is 0 Å². The van der Waals surface area contributed by atoms with Crippen molar-refractivity contribution >= 4 is 5.91 Å². The van der Waals surface area contributed by atoms with Gasteiger partial charge in [0.15, 0.2) is 0 Å². The second-order valence-electron chi connectivity index (χ2n) is 7.04. The topological polar surface area (TPSA) is 67.6 Å². The molecule has 1 rings (SSSR count). The van der Waals surface area contributed by atoms with E-state index in [1.807, 2.05) is 20.8 Å². The SMILES string of the molecule is CC(C)NC(C)(CC(C)N(C)CC1CCOCC1)C(N)=O. The molecule has 0 aromatic carbocycles. The molecule has 5 nitrogen and oxygen atoms in total. The standard InChI is InChI=1S/C16H33N3O2/c1-12(2)18-16(4,15(17)20)10-13(3)19(5)11-14-6-8-21-9-7-14/h12-14,18H,6-11H2,1-5H3,(H2,17,20). The van der Waals surface area contributed by atoms with E-state index in [9.17, 15) is 4.79 Å². The van der Waals surface area contributed by atoms with Crippen molar-refractivity contribution in [1.82, 2.24) is 10.2 Å². The summed E-state index contributed by atoms with van der Waals surface area (Å²) < 4.78 is 5.41. The molecule has 0 aliphatic carbocycles. The molecule has 21 heavy (non-hydrogen) atoms. The molecule has 5 heteroatoms. The van der Waals surface area contributed by atoms with E-state index in [0.717, 1.165) is 39.0 Å². The van der Waals surface area contributed by atoms with Crippen LogP contribution in [0.2, 0.25) is 0 Å². The molecule has 3 N–H and O–H groups in total. The Morgan fingerprint density at radius 1 is 1.38 bits per heavy atom. The van der Waals surface area contributed by atoms with E-state index in [1.165, 1.54) is 0 Å². The van der Waals surface area contributed by atoms with Crippen LogP contribution in [0, 0.1) is 5.92 Å². The first kappa shape index (κ1) is 18.4. The number of amides is 1. The lowest BCUT2D eigenvalue weighted by Crippen LogP contribution is -2.58. The van der Waals surface area contributed by atoms with Crippen molar-refractivity contribution in [3.05, 3.63) is 0 Å². The fourth-order valence-corrected chi connectivity index (χ4v) is 3.13. The fraction of sp³-hybridized carbons (Fsp3) is 0.938. The van der Waals surface area contributed by atoms with Crippen LogP contribution in [0.5, 0.6) is 0 Å². The number of carbonyl (C=O) groups is 1. The van der Waals surface area contributed by atoms with Crippen molar-refractivity contribution in [2.75, 3.05) is 26.8 Å². The zero-order valence-corrected chi connectivity index (χ0v) is 14.3. The van der Waals surface area contributed by atoms with Crippen LogP contribution >= 0.6 is 0 Å². The van der Waals surface area contributed by atoms with E-state index in [0.29, 0.717) is 12.0 Å². The zero-order chi connectivity index (χ0) is 16.0. The largest absolute Gasteiger partial charge is 0.381 e. The van der Waals surface area contributed by atoms with Gasteiger partial charge in [-0.15, -0.1) is 0 Å². The lowest BCUT2D eigenvalue weighted by atomic mass is 9.90. The summed E-state index contributed by atoms with van der Waals surface area (Å²) in [6.07, 6.45) is 2.99. The summed E-state index contributed by atoms with van der Waals surface area (Å²) in [5, 5.41) is 3.32. The Hall–Kier alpha value is -0.650. The number of primary amides is 1. The lowest BCUT2D eigenvalue weighted by Gasteiger charge is -2.37. The molecule has 0 bridgehead atoms. The molecular formula is C16H33N3O2. The van der Waals surface area contributed by atoms with Crippen LogP contribution in [0.4, 0.5) is 0 Å². The highest BCUT2D eigenvalue weighted by Gasteiger charge is 2.34. The second-order valence-corrected chi connectivity index (χ2v) is 7.04. The molecule has 1 amide bonds. The van der Waals surface area contributed by atoms with E-state index >= 15 is 0 Å². The number of nitrogens with two attached hydrogens (primary N) is 1. The third-order valence-corrected chi connectivity index (χ3v) is 4.49.